The third-order valence-electron chi connectivity index (χ3n) is 6.50. The molecule has 0 bridgehead atoms. The number of carboxylic acid groups (broad SMARTS) is 1. The lowest BCUT2D eigenvalue weighted by Gasteiger charge is -2.22. The maximum atomic E-state index is 14.2. The normalized spacial score (nSPS) is 12.8. The molecule has 12 heteroatoms. The summed E-state index contributed by atoms with van der Waals surface area (Å²) in [6.07, 6.45) is -5.61. The summed E-state index contributed by atoms with van der Waals surface area (Å²) in [6.45, 7) is 0. The molecule has 0 aliphatic heterocycles. The van der Waals surface area contributed by atoms with Crippen molar-refractivity contribution < 1.29 is 32.5 Å². The number of aliphatic carboxylic acids is 1. The Morgan fingerprint density at radius 2 is 1.69 bits per heavy atom. The van der Waals surface area contributed by atoms with Crippen LogP contribution in [0.5, 0.6) is 11.6 Å². The Morgan fingerprint density at radius 1 is 1.00 bits per heavy atom. The number of alkyl halides is 3. The van der Waals surface area contributed by atoms with Gasteiger partial charge in [-0.2, -0.15) is 13.2 Å². The molecule has 3 N–H and O–H groups in total. The molecule has 0 fully saturated rings. The molecule has 2 heterocycles. The maximum absolute atomic E-state index is 14.2. The summed E-state index contributed by atoms with van der Waals surface area (Å²) >= 11 is 1.18. The number of carboxylic acids is 1. The highest BCUT2D eigenvalue weighted by atomic mass is 35.5. The molecule has 0 aliphatic rings. The molecule has 2 aromatic heterocycles. The van der Waals surface area contributed by atoms with E-state index in [0.717, 1.165) is 22.3 Å². The number of thiophene rings is 1. The molecule has 5 rings (SSSR count). The maximum Gasteiger partial charge on any atom is 0.429 e. The first-order valence-electron chi connectivity index (χ1n) is 12.4. The fraction of sp³-hybridized carbons (Fsp3) is 0.167. The van der Waals surface area contributed by atoms with Gasteiger partial charge >= 0.3 is 12.1 Å². The molecule has 3 aromatic carbocycles. The van der Waals surface area contributed by atoms with Gasteiger partial charge in [0.25, 0.3) is 0 Å². The van der Waals surface area contributed by atoms with Gasteiger partial charge in [0.05, 0.1) is 12.6 Å². The van der Waals surface area contributed by atoms with E-state index in [1.807, 2.05) is 12.1 Å². The summed E-state index contributed by atoms with van der Waals surface area (Å²) in [5.74, 6) is -0.619. The number of fused-ring (bicyclic) bond motifs is 1. The molecule has 0 amide bonds. The van der Waals surface area contributed by atoms with Crippen molar-refractivity contribution >= 4 is 39.9 Å². The van der Waals surface area contributed by atoms with Crippen molar-refractivity contribution in [2.24, 2.45) is 5.73 Å². The van der Waals surface area contributed by atoms with Gasteiger partial charge in [-0.1, -0.05) is 60.7 Å². The zero-order valence-corrected chi connectivity index (χ0v) is 23.7. The smallest absolute Gasteiger partial charge is 0.429 e. The number of nitrogens with two attached hydrogens (primary N) is 1. The molecule has 218 valence electrons. The van der Waals surface area contributed by atoms with Crippen molar-refractivity contribution in [3.8, 4) is 33.9 Å². The average Bonchev–Trinajstić information content (AvgIpc) is 3.41. The van der Waals surface area contributed by atoms with E-state index in [1.165, 1.54) is 29.8 Å². The number of carbonyl (C=O) groups is 1. The number of benzene rings is 3. The zero-order chi connectivity index (χ0) is 29.1. The predicted octanol–water partition coefficient (Wildman–Crippen LogP) is 7.09. The van der Waals surface area contributed by atoms with Crippen LogP contribution in [0.2, 0.25) is 0 Å². The van der Waals surface area contributed by atoms with Crippen LogP contribution in [-0.2, 0) is 11.2 Å². The second-order valence-electron chi connectivity index (χ2n) is 9.25. The minimum Gasteiger partial charge on any atom is -0.497 e. The molecular formula is C30H25ClF3N3O4S. The first-order chi connectivity index (χ1) is 19.6. The highest BCUT2D eigenvalue weighted by molar-refractivity contribution is 7.18. The summed E-state index contributed by atoms with van der Waals surface area (Å²) in [5, 5.41) is 10.8. The number of hydrogen-bond donors (Lipinski definition) is 2. The van der Waals surface area contributed by atoms with E-state index in [0.29, 0.717) is 21.5 Å². The van der Waals surface area contributed by atoms with Gasteiger partial charge in [0.1, 0.15) is 22.8 Å². The number of nitrogens with zero attached hydrogens (tertiary/aromatic N) is 2. The van der Waals surface area contributed by atoms with Crippen LogP contribution in [0, 0.1) is 0 Å². The van der Waals surface area contributed by atoms with Gasteiger partial charge < -0.3 is 20.3 Å². The molecule has 0 aliphatic carbocycles. The second-order valence-corrected chi connectivity index (χ2v) is 10.1. The number of halogens is 4. The van der Waals surface area contributed by atoms with Gasteiger partial charge in [-0.3, -0.25) is 4.79 Å². The predicted molar refractivity (Wildman–Crippen MR) is 157 cm³/mol. The van der Waals surface area contributed by atoms with Gasteiger partial charge in [0.15, 0.2) is 0 Å². The Bertz CT molecular complexity index is 1680. The van der Waals surface area contributed by atoms with Crippen LogP contribution in [0.1, 0.15) is 17.2 Å². The Hall–Kier alpha value is -4.19. The Balaban J connectivity index is 0.00000405. The lowest BCUT2D eigenvalue weighted by Crippen LogP contribution is -2.32. The zero-order valence-electron chi connectivity index (χ0n) is 22.0. The SMILES string of the molecule is COc1cccc(-c2ccc(C(Oc3ncnc4c(-c5ccc(CC(N)C(=O)O)cc5)csc34)C(F)(F)F)cc2)c1.Cl. The fourth-order valence-electron chi connectivity index (χ4n) is 4.37. The van der Waals surface area contributed by atoms with Crippen LogP contribution in [0.3, 0.4) is 0 Å². The lowest BCUT2D eigenvalue weighted by molar-refractivity contribution is -0.198. The van der Waals surface area contributed by atoms with Crippen LogP contribution in [-0.4, -0.2) is 40.4 Å². The molecule has 0 radical (unpaired) electrons. The van der Waals surface area contributed by atoms with Gasteiger partial charge in [0, 0.05) is 16.5 Å². The summed E-state index contributed by atoms with van der Waals surface area (Å²) in [7, 11) is 1.55. The first kappa shape index (κ1) is 30.8. The Labute approximate surface area is 249 Å². The molecule has 2 atom stereocenters. The van der Waals surface area contributed by atoms with E-state index in [2.05, 4.69) is 9.97 Å². The minimum atomic E-state index is -4.71. The highest BCUT2D eigenvalue weighted by Gasteiger charge is 2.43. The van der Waals surface area contributed by atoms with Crippen LogP contribution >= 0.6 is 23.7 Å². The standard InChI is InChI=1S/C30H24F3N3O4S.ClH/c1-39-22-4-2-3-21(14-22)18-9-11-20(12-10-18)27(30(31,32)33)40-28-26-25(35-16-36-28)23(15-41-26)19-7-5-17(6-8-19)13-24(34)29(37)38;/h2-12,14-16,24,27H,13,34H2,1H3,(H,37,38);1H. The fourth-order valence-corrected chi connectivity index (χ4v) is 5.33. The quantitative estimate of drug-likeness (QED) is 0.182. The molecule has 7 nitrogen and oxygen atoms in total. The van der Waals surface area contributed by atoms with E-state index in [9.17, 15) is 18.0 Å². The minimum absolute atomic E-state index is 0. The summed E-state index contributed by atoms with van der Waals surface area (Å²) in [5.41, 5.74) is 9.73. The van der Waals surface area contributed by atoms with Crippen molar-refractivity contribution in [2.75, 3.05) is 7.11 Å². The Morgan fingerprint density at radius 3 is 2.33 bits per heavy atom. The largest absolute Gasteiger partial charge is 0.497 e. The number of ether oxygens (including phenoxy) is 2. The van der Waals surface area contributed by atoms with E-state index < -0.39 is 24.3 Å². The highest BCUT2D eigenvalue weighted by Crippen LogP contribution is 2.42. The van der Waals surface area contributed by atoms with Crippen molar-refractivity contribution in [3.63, 3.8) is 0 Å². The van der Waals surface area contributed by atoms with Crippen molar-refractivity contribution in [2.45, 2.75) is 24.7 Å². The van der Waals surface area contributed by atoms with E-state index in [-0.39, 0.29) is 30.3 Å². The van der Waals surface area contributed by atoms with Crippen LogP contribution < -0.4 is 15.2 Å². The summed E-state index contributed by atoms with van der Waals surface area (Å²) < 4.78 is 53.9. The molecule has 0 saturated carbocycles. The van der Waals surface area contributed by atoms with E-state index in [1.54, 1.807) is 61.0 Å². The number of rotatable bonds is 9. The Kier molecular flexibility index (Phi) is 9.35. The summed E-state index contributed by atoms with van der Waals surface area (Å²) in [4.78, 5) is 19.4. The van der Waals surface area contributed by atoms with E-state index >= 15 is 0 Å². The molecular weight excluding hydrogens is 591 g/mol. The number of methoxy groups -OCH3 is 1. The van der Waals surface area contributed by atoms with Crippen molar-refractivity contribution in [1.82, 2.24) is 9.97 Å². The topological polar surface area (TPSA) is 108 Å². The summed E-state index contributed by atoms with van der Waals surface area (Å²) in [6, 6.07) is 19.3. The molecule has 42 heavy (non-hydrogen) atoms. The van der Waals surface area contributed by atoms with Gasteiger partial charge in [-0.15, -0.1) is 23.7 Å². The third-order valence-corrected chi connectivity index (χ3v) is 7.46. The molecule has 0 saturated heterocycles. The second kappa shape index (κ2) is 12.8. The van der Waals surface area contributed by atoms with Gasteiger partial charge in [-0.25, -0.2) is 9.97 Å². The molecule has 0 spiro atoms. The van der Waals surface area contributed by atoms with E-state index in [4.69, 9.17) is 20.3 Å². The monoisotopic (exact) mass is 615 g/mol. The first-order valence-corrected chi connectivity index (χ1v) is 13.3. The lowest BCUT2D eigenvalue weighted by atomic mass is 10.0. The molecule has 2 unspecified atom stereocenters. The van der Waals surface area contributed by atoms with Crippen LogP contribution in [0.15, 0.2) is 84.5 Å². The third kappa shape index (κ3) is 6.64. The van der Waals surface area contributed by atoms with Gasteiger partial charge in [-0.05, 0) is 40.8 Å². The average molecular weight is 616 g/mol. The number of hydrogen-bond acceptors (Lipinski definition) is 7. The van der Waals surface area contributed by atoms with Crippen molar-refractivity contribution in [1.29, 1.82) is 0 Å². The van der Waals surface area contributed by atoms with Crippen molar-refractivity contribution in [3.05, 3.63) is 95.6 Å². The molecule has 5 aromatic rings. The number of aromatic nitrogens is 2. The van der Waals surface area contributed by atoms with Crippen LogP contribution in [0.25, 0.3) is 32.5 Å². The van der Waals surface area contributed by atoms with Crippen LogP contribution in [0.4, 0.5) is 13.2 Å². The van der Waals surface area contributed by atoms with Gasteiger partial charge in [0.2, 0.25) is 12.0 Å².